The van der Waals surface area contributed by atoms with Gasteiger partial charge in [-0.25, -0.2) is 4.39 Å². The van der Waals surface area contributed by atoms with Crippen LogP contribution in [-0.4, -0.2) is 21.5 Å². The van der Waals surface area contributed by atoms with Crippen LogP contribution in [-0.2, 0) is 6.54 Å². The summed E-state index contributed by atoms with van der Waals surface area (Å²) in [5.41, 5.74) is 1.06. The van der Waals surface area contributed by atoms with Gasteiger partial charge in [0.25, 0.3) is 0 Å². The summed E-state index contributed by atoms with van der Waals surface area (Å²) in [6, 6.07) is 6.80. The van der Waals surface area contributed by atoms with Crippen LogP contribution >= 0.6 is 12.4 Å². The van der Waals surface area contributed by atoms with E-state index in [0.29, 0.717) is 0 Å². The highest BCUT2D eigenvalue weighted by molar-refractivity contribution is 6.04. The third-order valence-corrected chi connectivity index (χ3v) is 2.83. The molecule has 0 atom stereocenters. The lowest BCUT2D eigenvalue weighted by atomic mass is 10.2. The molecule has 0 saturated heterocycles. The van der Waals surface area contributed by atoms with Crippen molar-refractivity contribution in [1.29, 1.82) is 0 Å². The molecule has 0 aliphatic rings. The molecule has 0 radical (unpaired) electrons. The highest BCUT2D eigenvalue weighted by atomic mass is 35.5. The minimum atomic E-state index is -0.140. The monoisotopic (exact) mass is 219 g/mol. The lowest BCUT2D eigenvalue weighted by Crippen LogP contribution is -2.18. The van der Waals surface area contributed by atoms with Crippen LogP contribution in [0.2, 0.25) is 0 Å². The maximum absolute atomic E-state index is 12.7. The molecule has 1 aromatic carbocycles. The average molecular weight is 220 g/mol. The zero-order valence-corrected chi connectivity index (χ0v) is 10.8. The van der Waals surface area contributed by atoms with E-state index in [-0.39, 0.29) is 18.2 Å². The summed E-state index contributed by atoms with van der Waals surface area (Å²) in [7, 11) is 1.03. The Hall–Kier alpha value is -0.383. The van der Waals surface area contributed by atoms with Crippen LogP contribution < -0.4 is 0 Å². The van der Waals surface area contributed by atoms with Crippen LogP contribution in [0.4, 0.5) is 4.39 Å². The van der Waals surface area contributed by atoms with Crippen molar-refractivity contribution in [3.63, 3.8) is 0 Å². The normalized spacial score (nSPS) is 10.1. The fourth-order valence-corrected chi connectivity index (χ4v) is 1.42. The van der Waals surface area contributed by atoms with E-state index in [1.165, 1.54) is 6.07 Å². The molecule has 4 heteroatoms. The molecule has 0 aliphatic heterocycles. The van der Waals surface area contributed by atoms with Crippen LogP contribution in [0.1, 0.15) is 12.5 Å². The summed E-state index contributed by atoms with van der Waals surface area (Å²) in [5, 5.41) is 0. The first-order valence-electron chi connectivity index (χ1n) is 4.15. The number of halogens is 2. The second-order valence-electron chi connectivity index (χ2n) is 2.96. The summed E-state index contributed by atoms with van der Waals surface area (Å²) in [6.45, 7) is 4.04. The zero-order valence-electron chi connectivity index (χ0n) is 7.96. The van der Waals surface area contributed by atoms with E-state index in [9.17, 15) is 4.39 Å². The number of rotatable bonds is 3. The molecule has 0 unspecified atom stereocenters. The minimum Gasteiger partial charge on any atom is -0.329 e. The maximum atomic E-state index is 12.7. The number of hydrogen-bond donors (Lipinski definition) is 0. The summed E-state index contributed by atoms with van der Waals surface area (Å²) in [4.78, 5) is 0. The van der Waals surface area contributed by atoms with Gasteiger partial charge in [-0.2, -0.15) is 0 Å². The Kier molecular flexibility index (Phi) is 5.95. The molecule has 0 amide bonds. The van der Waals surface area contributed by atoms with Gasteiger partial charge in [0.15, 0.2) is 0 Å². The van der Waals surface area contributed by atoms with Gasteiger partial charge in [-0.1, -0.05) is 19.1 Å². The van der Waals surface area contributed by atoms with Crippen LogP contribution in [0, 0.1) is 5.82 Å². The highest BCUT2D eigenvalue weighted by Gasteiger charge is 1.97. The quantitative estimate of drug-likeness (QED) is 0.694. The molecule has 1 rings (SSSR count). The van der Waals surface area contributed by atoms with E-state index in [2.05, 4.69) is 11.5 Å². The maximum Gasteiger partial charge on any atom is 0.123 e. The van der Waals surface area contributed by atoms with Crippen molar-refractivity contribution in [3.8, 4) is 0 Å². The van der Waals surface area contributed by atoms with Gasteiger partial charge in [0.05, 0.1) is 10.4 Å². The van der Waals surface area contributed by atoms with E-state index in [4.69, 9.17) is 0 Å². The second-order valence-corrected chi connectivity index (χ2v) is 4.23. The van der Waals surface area contributed by atoms with Crippen molar-refractivity contribution < 1.29 is 4.39 Å². The largest absolute Gasteiger partial charge is 0.329 e. The van der Waals surface area contributed by atoms with Gasteiger partial charge in [0, 0.05) is 6.54 Å². The van der Waals surface area contributed by atoms with Gasteiger partial charge >= 0.3 is 0 Å². The molecule has 0 aliphatic carbocycles. The fourth-order valence-electron chi connectivity index (χ4n) is 1.06. The van der Waals surface area contributed by atoms with Crippen LogP contribution in [0.3, 0.4) is 0 Å². The third-order valence-electron chi connectivity index (χ3n) is 1.88. The van der Waals surface area contributed by atoms with Crippen LogP contribution in [0.25, 0.3) is 0 Å². The molecule has 0 aromatic heterocycles. The molecule has 0 saturated carbocycles. The SMILES string of the molecule is CCN([SiH3])Cc1cccc(F)c1.Cl. The highest BCUT2D eigenvalue weighted by Crippen LogP contribution is 2.05. The zero-order chi connectivity index (χ0) is 8.97. The standard InChI is InChI=1S/C9H14FNSi.ClH/c1-2-11(12)7-8-4-3-5-9(10)6-8;/h3-6H,2,7H2,1,12H3;1H. The van der Waals surface area contributed by atoms with Crippen molar-refractivity contribution in [2.45, 2.75) is 13.5 Å². The molecule has 0 bridgehead atoms. The first-order valence-corrected chi connectivity index (χ1v) is 5.05. The lowest BCUT2D eigenvalue weighted by molar-refractivity contribution is 0.472. The van der Waals surface area contributed by atoms with Gasteiger partial charge in [0.2, 0.25) is 0 Å². The predicted molar refractivity (Wildman–Crippen MR) is 59.7 cm³/mol. The Labute approximate surface area is 87.9 Å². The lowest BCUT2D eigenvalue weighted by Gasteiger charge is -2.13. The van der Waals surface area contributed by atoms with E-state index >= 15 is 0 Å². The molecule has 0 N–H and O–H groups in total. The van der Waals surface area contributed by atoms with Gasteiger partial charge in [-0.05, 0) is 24.2 Å². The van der Waals surface area contributed by atoms with Gasteiger partial charge in [0.1, 0.15) is 5.82 Å². The molecule has 0 heterocycles. The molecular formula is C9H15ClFNSi. The van der Waals surface area contributed by atoms with E-state index in [1.807, 2.05) is 6.07 Å². The molecule has 74 valence electrons. The van der Waals surface area contributed by atoms with Crippen LogP contribution in [0.15, 0.2) is 24.3 Å². The molecule has 0 fully saturated rings. The Morgan fingerprint density at radius 3 is 2.69 bits per heavy atom. The topological polar surface area (TPSA) is 3.24 Å². The van der Waals surface area contributed by atoms with E-state index in [0.717, 1.165) is 29.1 Å². The smallest absolute Gasteiger partial charge is 0.123 e. The van der Waals surface area contributed by atoms with Crippen molar-refractivity contribution >= 4 is 22.8 Å². The summed E-state index contributed by atoms with van der Waals surface area (Å²) < 4.78 is 15.0. The molecule has 0 spiro atoms. The number of nitrogens with zero attached hydrogens (tertiary/aromatic N) is 1. The van der Waals surface area contributed by atoms with E-state index < -0.39 is 0 Å². The molecule has 13 heavy (non-hydrogen) atoms. The third kappa shape index (κ3) is 4.41. The molecule has 1 nitrogen and oxygen atoms in total. The Balaban J connectivity index is 0.00000144. The van der Waals surface area contributed by atoms with Crippen molar-refractivity contribution in [2.24, 2.45) is 0 Å². The average Bonchev–Trinajstić information content (AvgIpc) is 2.04. The minimum absolute atomic E-state index is 0. The summed E-state index contributed by atoms with van der Waals surface area (Å²) in [6.07, 6.45) is 0. The fraction of sp³-hybridized carbons (Fsp3) is 0.333. The van der Waals surface area contributed by atoms with Crippen LogP contribution in [0.5, 0.6) is 0 Å². The van der Waals surface area contributed by atoms with Gasteiger partial charge in [-0.3, -0.25) is 0 Å². The Morgan fingerprint density at radius 1 is 1.46 bits per heavy atom. The van der Waals surface area contributed by atoms with Crippen molar-refractivity contribution in [1.82, 2.24) is 4.57 Å². The first-order chi connectivity index (χ1) is 5.72. The number of benzene rings is 1. The summed E-state index contributed by atoms with van der Waals surface area (Å²) >= 11 is 0. The first kappa shape index (κ1) is 12.6. The number of hydrogen-bond acceptors (Lipinski definition) is 1. The Bertz CT molecular complexity index is 257. The van der Waals surface area contributed by atoms with Gasteiger partial charge in [-0.15, -0.1) is 12.4 Å². The molecular weight excluding hydrogens is 205 g/mol. The second kappa shape index (κ2) is 6.13. The summed E-state index contributed by atoms with van der Waals surface area (Å²) in [5.74, 6) is -0.140. The van der Waals surface area contributed by atoms with E-state index in [1.54, 1.807) is 12.1 Å². The van der Waals surface area contributed by atoms with Crippen molar-refractivity contribution in [2.75, 3.05) is 6.54 Å². The van der Waals surface area contributed by atoms with Crippen molar-refractivity contribution in [3.05, 3.63) is 35.6 Å². The van der Waals surface area contributed by atoms with Gasteiger partial charge < -0.3 is 4.57 Å². The predicted octanol–water partition coefficient (Wildman–Crippen LogP) is 1.35. The Morgan fingerprint density at radius 2 is 2.15 bits per heavy atom. The molecule has 1 aromatic rings.